The van der Waals surface area contributed by atoms with Gasteiger partial charge in [-0.15, -0.1) is 0 Å². The van der Waals surface area contributed by atoms with Crippen LogP contribution in [0.3, 0.4) is 0 Å². The number of nitrogens with zero attached hydrogens (tertiary/aromatic N) is 2. The number of benzene rings is 1. The lowest BCUT2D eigenvalue weighted by Crippen LogP contribution is -2.33. The second kappa shape index (κ2) is 5.12. The molecule has 1 unspecified atom stereocenters. The van der Waals surface area contributed by atoms with E-state index in [1.807, 2.05) is 0 Å². The number of Topliss-reactive ketones (excluding diaryl/α,β-unsaturated/α-hetero) is 1. The molecule has 6 heteroatoms. The molecule has 0 radical (unpaired) electrons. The molecule has 0 amide bonds. The Morgan fingerprint density at radius 3 is 2.57 bits per heavy atom. The van der Waals surface area contributed by atoms with E-state index in [1.165, 1.54) is 12.1 Å². The minimum Gasteiger partial charge on any atom is -0.297 e. The molecule has 1 atom stereocenters. The summed E-state index contributed by atoms with van der Waals surface area (Å²) in [7, 11) is 0. The number of nitro benzene ring substituents is 1. The number of rotatable bonds is 3. The largest absolute Gasteiger partial charge is 0.297 e. The second-order valence-corrected chi connectivity index (χ2v) is 6.49. The lowest BCUT2D eigenvalue weighted by Gasteiger charge is -2.22. The third kappa shape index (κ3) is 2.52. The fraction of sp³-hybridized carbons (Fsp3) is 0.467. The fourth-order valence-electron chi connectivity index (χ4n) is 2.91. The van der Waals surface area contributed by atoms with Gasteiger partial charge in [0.15, 0.2) is 5.78 Å². The minimum atomic E-state index is -1.22. The third-order valence-electron chi connectivity index (χ3n) is 4.21. The van der Waals surface area contributed by atoms with Gasteiger partial charge < -0.3 is 0 Å². The molecule has 110 valence electrons. The van der Waals surface area contributed by atoms with E-state index < -0.39 is 15.8 Å². The highest BCUT2D eigenvalue weighted by atomic mass is 35.5. The molecule has 1 fully saturated rings. The van der Waals surface area contributed by atoms with E-state index in [0.717, 1.165) is 0 Å². The van der Waals surface area contributed by atoms with Crippen molar-refractivity contribution < 1.29 is 9.72 Å². The highest BCUT2D eigenvalue weighted by molar-refractivity contribution is 6.31. The van der Waals surface area contributed by atoms with Crippen LogP contribution in [0.5, 0.6) is 0 Å². The number of hydrogen-bond donors (Lipinski definition) is 0. The standard InChI is InChI=1S/C15H15ClN2O3/c1-14(2)6-7-15(9-17,13(14)19)8-10-11(16)4-3-5-12(10)18(20)21/h3-5H,6-8H2,1-2H3. The normalized spacial score (nSPS) is 23.8. The van der Waals surface area contributed by atoms with Crippen LogP contribution in [0.1, 0.15) is 32.3 Å². The van der Waals surface area contributed by atoms with Gasteiger partial charge in [-0.25, -0.2) is 0 Å². The Balaban J connectivity index is 2.49. The van der Waals surface area contributed by atoms with Crippen molar-refractivity contribution in [1.29, 1.82) is 5.26 Å². The number of halogens is 1. The van der Waals surface area contributed by atoms with Gasteiger partial charge >= 0.3 is 0 Å². The summed E-state index contributed by atoms with van der Waals surface area (Å²) in [5.41, 5.74) is -1.68. The Hall–Kier alpha value is -1.93. The van der Waals surface area contributed by atoms with E-state index in [4.69, 9.17) is 11.6 Å². The summed E-state index contributed by atoms with van der Waals surface area (Å²) in [4.78, 5) is 23.1. The van der Waals surface area contributed by atoms with Gasteiger partial charge in [-0.1, -0.05) is 31.5 Å². The molecule has 1 saturated carbocycles. The number of hydrogen-bond acceptors (Lipinski definition) is 4. The Morgan fingerprint density at radius 1 is 1.43 bits per heavy atom. The first-order valence-electron chi connectivity index (χ1n) is 6.61. The summed E-state index contributed by atoms with van der Waals surface area (Å²) < 4.78 is 0. The van der Waals surface area contributed by atoms with Gasteiger partial charge in [0.2, 0.25) is 0 Å². The van der Waals surface area contributed by atoms with Crippen LogP contribution < -0.4 is 0 Å². The molecule has 21 heavy (non-hydrogen) atoms. The monoisotopic (exact) mass is 306 g/mol. The lowest BCUT2D eigenvalue weighted by molar-refractivity contribution is -0.385. The fourth-order valence-corrected chi connectivity index (χ4v) is 3.15. The summed E-state index contributed by atoms with van der Waals surface area (Å²) >= 11 is 6.06. The number of carbonyl (C=O) groups is 1. The van der Waals surface area contributed by atoms with E-state index in [0.29, 0.717) is 12.8 Å². The zero-order valence-corrected chi connectivity index (χ0v) is 12.6. The smallest absolute Gasteiger partial charge is 0.274 e. The van der Waals surface area contributed by atoms with Crippen LogP contribution in [-0.4, -0.2) is 10.7 Å². The maximum Gasteiger partial charge on any atom is 0.274 e. The molecular weight excluding hydrogens is 292 g/mol. The molecule has 0 heterocycles. The van der Waals surface area contributed by atoms with E-state index >= 15 is 0 Å². The number of carbonyl (C=O) groups excluding carboxylic acids is 1. The van der Waals surface area contributed by atoms with Crippen LogP contribution in [0.4, 0.5) is 5.69 Å². The maximum absolute atomic E-state index is 12.5. The first-order valence-corrected chi connectivity index (χ1v) is 6.99. The van der Waals surface area contributed by atoms with Crippen LogP contribution >= 0.6 is 11.6 Å². The zero-order chi connectivity index (χ0) is 15.8. The molecular formula is C15H15ClN2O3. The predicted octanol–water partition coefficient (Wildman–Crippen LogP) is 3.69. The Morgan fingerprint density at radius 2 is 2.10 bits per heavy atom. The highest BCUT2D eigenvalue weighted by Gasteiger charge is 2.53. The molecule has 5 nitrogen and oxygen atoms in total. The first-order chi connectivity index (χ1) is 9.73. The quantitative estimate of drug-likeness (QED) is 0.629. The lowest BCUT2D eigenvalue weighted by atomic mass is 9.76. The van der Waals surface area contributed by atoms with Crippen LogP contribution in [0.15, 0.2) is 18.2 Å². The predicted molar refractivity (Wildman–Crippen MR) is 77.9 cm³/mol. The highest BCUT2D eigenvalue weighted by Crippen LogP contribution is 2.48. The van der Waals surface area contributed by atoms with Crippen molar-refractivity contribution in [2.24, 2.45) is 10.8 Å². The molecule has 0 bridgehead atoms. The van der Waals surface area contributed by atoms with Crippen molar-refractivity contribution in [3.8, 4) is 6.07 Å². The molecule has 1 aliphatic carbocycles. The summed E-state index contributed by atoms with van der Waals surface area (Å²) in [5, 5.41) is 20.9. The summed E-state index contributed by atoms with van der Waals surface area (Å²) in [5.74, 6) is -0.160. The molecule has 1 aliphatic rings. The third-order valence-corrected chi connectivity index (χ3v) is 4.56. The summed E-state index contributed by atoms with van der Waals surface area (Å²) in [6, 6.07) is 6.47. The molecule has 0 aromatic heterocycles. The minimum absolute atomic E-state index is 0.0122. The first kappa shape index (κ1) is 15.5. The molecule has 0 N–H and O–H groups in total. The maximum atomic E-state index is 12.5. The van der Waals surface area contributed by atoms with Crippen molar-refractivity contribution in [2.45, 2.75) is 33.1 Å². The van der Waals surface area contributed by atoms with Gasteiger partial charge in [-0.3, -0.25) is 14.9 Å². The number of ketones is 1. The van der Waals surface area contributed by atoms with Crippen molar-refractivity contribution in [1.82, 2.24) is 0 Å². The van der Waals surface area contributed by atoms with Crippen molar-refractivity contribution in [2.75, 3.05) is 0 Å². The van der Waals surface area contributed by atoms with Crippen LogP contribution in [0.2, 0.25) is 5.02 Å². The zero-order valence-electron chi connectivity index (χ0n) is 11.9. The molecule has 0 saturated heterocycles. The molecule has 2 rings (SSSR count). The Bertz CT molecular complexity index is 663. The number of nitro groups is 1. The van der Waals surface area contributed by atoms with Gasteiger partial charge in [0.25, 0.3) is 5.69 Å². The molecule has 1 aromatic carbocycles. The van der Waals surface area contributed by atoms with Gasteiger partial charge in [-0.2, -0.15) is 5.26 Å². The molecule has 0 spiro atoms. The van der Waals surface area contributed by atoms with Gasteiger partial charge in [0.1, 0.15) is 5.41 Å². The van der Waals surface area contributed by atoms with Crippen molar-refractivity contribution in [3.63, 3.8) is 0 Å². The van der Waals surface area contributed by atoms with Gasteiger partial charge in [0.05, 0.1) is 21.6 Å². The second-order valence-electron chi connectivity index (χ2n) is 6.08. The SMILES string of the molecule is CC1(C)CCC(C#N)(Cc2c(Cl)cccc2[N+](=O)[O-])C1=O. The Kier molecular flexibility index (Phi) is 3.77. The van der Waals surface area contributed by atoms with Crippen LogP contribution in [-0.2, 0) is 11.2 Å². The Labute approximate surface area is 127 Å². The van der Waals surface area contributed by atoms with Gasteiger partial charge in [0, 0.05) is 17.9 Å². The van der Waals surface area contributed by atoms with Gasteiger partial charge in [-0.05, 0) is 18.9 Å². The average Bonchev–Trinajstić information content (AvgIpc) is 2.65. The van der Waals surface area contributed by atoms with Crippen molar-refractivity contribution in [3.05, 3.63) is 38.9 Å². The number of nitriles is 1. The summed E-state index contributed by atoms with van der Waals surface area (Å²) in [6.45, 7) is 3.60. The average molecular weight is 307 g/mol. The molecule has 0 aliphatic heterocycles. The summed E-state index contributed by atoms with van der Waals surface area (Å²) in [6.07, 6.45) is 0.983. The van der Waals surface area contributed by atoms with E-state index in [1.54, 1.807) is 19.9 Å². The van der Waals surface area contributed by atoms with Crippen LogP contribution in [0.25, 0.3) is 0 Å². The molecule has 1 aromatic rings. The van der Waals surface area contributed by atoms with E-state index in [-0.39, 0.29) is 28.5 Å². The topological polar surface area (TPSA) is 84.0 Å². The van der Waals surface area contributed by atoms with Crippen LogP contribution in [0, 0.1) is 32.3 Å². The van der Waals surface area contributed by atoms with Crippen molar-refractivity contribution >= 4 is 23.1 Å². The van der Waals surface area contributed by atoms with E-state index in [9.17, 15) is 20.2 Å². The van der Waals surface area contributed by atoms with E-state index in [2.05, 4.69) is 6.07 Å².